The number of nitriles is 1. The molecule has 0 aliphatic carbocycles. The fourth-order valence-corrected chi connectivity index (χ4v) is 3.17. The van der Waals surface area contributed by atoms with E-state index >= 15 is 0 Å². The van der Waals surface area contributed by atoms with Crippen LogP contribution in [0.25, 0.3) is 11.3 Å². The van der Waals surface area contributed by atoms with Crippen molar-refractivity contribution >= 4 is 23.4 Å². The molecule has 1 aromatic carbocycles. The average molecular weight is 490 g/mol. The molecule has 2 aromatic heterocycles. The molecule has 0 bridgehead atoms. The van der Waals surface area contributed by atoms with Crippen molar-refractivity contribution in [1.82, 2.24) is 24.8 Å². The standard InChI is InChI=1S/C24H27N9O3/c1-31(2)12-13-32(3)23(34)20-16-29-24(30-22(20)18-6-4-17(14-25)5-7-18)27-11-10-26-21-9-8-19(15-28-21)33(35)36/h4-9,15-16H,10-13H2,1-3H3,(H,26,28)(H,27,29,30). The van der Waals surface area contributed by atoms with Crippen molar-refractivity contribution < 1.29 is 9.72 Å². The second-order valence-electron chi connectivity index (χ2n) is 8.19. The largest absolute Gasteiger partial charge is 0.368 e. The van der Waals surface area contributed by atoms with E-state index in [2.05, 4.69) is 31.7 Å². The first kappa shape index (κ1) is 26.0. The number of carbonyl (C=O) groups is 1. The molecular weight excluding hydrogens is 462 g/mol. The zero-order valence-corrected chi connectivity index (χ0v) is 20.3. The second kappa shape index (κ2) is 12.2. The number of hydrogen-bond donors (Lipinski definition) is 2. The molecule has 36 heavy (non-hydrogen) atoms. The SMILES string of the molecule is CN(C)CCN(C)C(=O)c1cnc(NCCNc2ccc([N+](=O)[O-])cn2)nc1-c1ccc(C#N)cc1. The molecule has 0 spiro atoms. The smallest absolute Gasteiger partial charge is 0.287 e. The third-order valence-electron chi connectivity index (χ3n) is 5.21. The number of pyridine rings is 1. The predicted molar refractivity (Wildman–Crippen MR) is 136 cm³/mol. The van der Waals surface area contributed by atoms with Gasteiger partial charge in [-0.25, -0.2) is 15.0 Å². The highest BCUT2D eigenvalue weighted by atomic mass is 16.6. The first-order valence-corrected chi connectivity index (χ1v) is 11.1. The summed E-state index contributed by atoms with van der Waals surface area (Å²) in [6.45, 7) is 2.14. The van der Waals surface area contributed by atoms with E-state index in [4.69, 9.17) is 5.26 Å². The average Bonchev–Trinajstić information content (AvgIpc) is 2.89. The minimum atomic E-state index is -0.504. The van der Waals surface area contributed by atoms with Crippen LogP contribution >= 0.6 is 0 Å². The highest BCUT2D eigenvalue weighted by molar-refractivity contribution is 5.99. The van der Waals surface area contributed by atoms with E-state index in [1.807, 2.05) is 19.0 Å². The normalized spacial score (nSPS) is 10.5. The second-order valence-corrected chi connectivity index (χ2v) is 8.19. The van der Waals surface area contributed by atoms with Crippen molar-refractivity contribution in [2.24, 2.45) is 0 Å². The molecular formula is C24H27N9O3. The minimum absolute atomic E-state index is 0.0793. The van der Waals surface area contributed by atoms with Gasteiger partial charge >= 0.3 is 0 Å². The lowest BCUT2D eigenvalue weighted by Crippen LogP contribution is -2.34. The quantitative estimate of drug-likeness (QED) is 0.233. The Labute approximate surface area is 208 Å². The Morgan fingerprint density at radius 2 is 1.75 bits per heavy atom. The molecule has 0 radical (unpaired) electrons. The Kier molecular flexibility index (Phi) is 8.79. The molecule has 0 unspecified atom stereocenters. The molecule has 3 rings (SSSR count). The minimum Gasteiger partial charge on any atom is -0.368 e. The summed E-state index contributed by atoms with van der Waals surface area (Å²) in [5.74, 6) is 0.636. The predicted octanol–water partition coefficient (Wildman–Crippen LogP) is 2.48. The molecule has 3 aromatic rings. The van der Waals surface area contributed by atoms with Crippen LogP contribution in [0.3, 0.4) is 0 Å². The number of amides is 1. The first-order chi connectivity index (χ1) is 17.3. The number of rotatable bonds is 11. The third-order valence-corrected chi connectivity index (χ3v) is 5.21. The van der Waals surface area contributed by atoms with Gasteiger partial charge in [0.1, 0.15) is 12.0 Å². The third kappa shape index (κ3) is 6.94. The lowest BCUT2D eigenvalue weighted by Gasteiger charge is -2.21. The molecule has 2 N–H and O–H groups in total. The fourth-order valence-electron chi connectivity index (χ4n) is 3.17. The molecule has 0 fully saturated rings. The zero-order valence-electron chi connectivity index (χ0n) is 20.3. The molecule has 2 heterocycles. The molecule has 0 saturated carbocycles. The molecule has 0 saturated heterocycles. The Balaban J connectivity index is 1.74. The molecule has 12 heteroatoms. The number of anilines is 2. The van der Waals surface area contributed by atoms with Crippen molar-refractivity contribution in [3.8, 4) is 17.3 Å². The van der Waals surface area contributed by atoms with Crippen LogP contribution in [0, 0.1) is 21.4 Å². The summed E-state index contributed by atoms with van der Waals surface area (Å²) in [6, 6.07) is 11.9. The maximum absolute atomic E-state index is 13.2. The number of benzene rings is 1. The number of likely N-dealkylation sites (N-methyl/N-ethyl adjacent to an activating group) is 2. The number of nitrogens with zero attached hydrogens (tertiary/aromatic N) is 7. The van der Waals surface area contributed by atoms with E-state index in [0.29, 0.717) is 60.3 Å². The maximum Gasteiger partial charge on any atom is 0.287 e. The van der Waals surface area contributed by atoms with E-state index in [-0.39, 0.29) is 11.6 Å². The van der Waals surface area contributed by atoms with Crippen molar-refractivity contribution in [3.05, 3.63) is 70.0 Å². The van der Waals surface area contributed by atoms with Crippen LogP contribution in [-0.2, 0) is 0 Å². The molecule has 0 aliphatic heterocycles. The lowest BCUT2D eigenvalue weighted by atomic mass is 10.0. The van der Waals surface area contributed by atoms with E-state index in [9.17, 15) is 14.9 Å². The molecule has 12 nitrogen and oxygen atoms in total. The zero-order chi connectivity index (χ0) is 26.1. The van der Waals surface area contributed by atoms with Crippen molar-refractivity contribution in [3.63, 3.8) is 0 Å². The van der Waals surface area contributed by atoms with Crippen molar-refractivity contribution in [2.45, 2.75) is 0 Å². The molecule has 0 atom stereocenters. The van der Waals surface area contributed by atoms with Gasteiger partial charge < -0.3 is 20.4 Å². The monoisotopic (exact) mass is 489 g/mol. The van der Waals surface area contributed by atoms with Crippen molar-refractivity contribution in [1.29, 1.82) is 5.26 Å². The Morgan fingerprint density at radius 1 is 1.03 bits per heavy atom. The van der Waals surface area contributed by atoms with Gasteiger partial charge in [-0.2, -0.15) is 5.26 Å². The summed E-state index contributed by atoms with van der Waals surface area (Å²) in [7, 11) is 5.62. The van der Waals surface area contributed by atoms with Gasteiger partial charge in [-0.15, -0.1) is 0 Å². The van der Waals surface area contributed by atoms with Crippen molar-refractivity contribution in [2.75, 3.05) is 58.0 Å². The van der Waals surface area contributed by atoms with E-state index < -0.39 is 4.92 Å². The maximum atomic E-state index is 13.2. The number of nitrogens with one attached hydrogen (secondary N) is 2. The molecule has 0 aliphatic rings. The lowest BCUT2D eigenvalue weighted by molar-refractivity contribution is -0.385. The Hall–Kier alpha value is -4.63. The summed E-state index contributed by atoms with van der Waals surface area (Å²) in [6.07, 6.45) is 2.69. The van der Waals surface area contributed by atoms with Crippen LogP contribution in [0.5, 0.6) is 0 Å². The summed E-state index contributed by atoms with van der Waals surface area (Å²) >= 11 is 0. The topological polar surface area (TPSA) is 153 Å². The van der Waals surface area contributed by atoms with Gasteiger partial charge in [0.2, 0.25) is 5.95 Å². The summed E-state index contributed by atoms with van der Waals surface area (Å²) in [4.78, 5) is 39.9. The van der Waals surface area contributed by atoms with Gasteiger partial charge in [-0.05, 0) is 32.3 Å². The van der Waals surface area contributed by atoms with E-state index in [1.165, 1.54) is 24.5 Å². The summed E-state index contributed by atoms with van der Waals surface area (Å²) in [5, 5.41) is 26.0. The number of hydrogen-bond acceptors (Lipinski definition) is 10. The summed E-state index contributed by atoms with van der Waals surface area (Å²) < 4.78 is 0. The van der Waals surface area contributed by atoms with Crippen LogP contribution in [0.15, 0.2) is 48.8 Å². The molecule has 186 valence electrons. The number of aromatic nitrogens is 3. The first-order valence-electron chi connectivity index (χ1n) is 11.1. The molecule has 1 amide bonds. The highest BCUT2D eigenvalue weighted by Crippen LogP contribution is 2.24. The Bertz CT molecular complexity index is 1240. The van der Waals surface area contributed by atoms with Gasteiger partial charge in [0, 0.05) is 51.1 Å². The van der Waals surface area contributed by atoms with Crippen LogP contribution in [0.4, 0.5) is 17.5 Å². The van der Waals surface area contributed by atoms with Gasteiger partial charge in [-0.3, -0.25) is 14.9 Å². The summed E-state index contributed by atoms with van der Waals surface area (Å²) in [5.41, 5.74) is 1.94. The van der Waals surface area contributed by atoms with E-state index in [1.54, 1.807) is 36.2 Å². The fraction of sp³-hybridized carbons (Fsp3) is 0.292. The van der Waals surface area contributed by atoms with Gasteiger partial charge in [0.15, 0.2) is 0 Å². The number of carbonyl (C=O) groups excluding carboxylic acids is 1. The van der Waals surface area contributed by atoms with Crippen LogP contribution < -0.4 is 10.6 Å². The van der Waals surface area contributed by atoms with Gasteiger partial charge in [0.05, 0.1) is 27.8 Å². The van der Waals surface area contributed by atoms with Gasteiger partial charge in [-0.1, -0.05) is 12.1 Å². The highest BCUT2D eigenvalue weighted by Gasteiger charge is 2.20. The number of nitro groups is 1. The Morgan fingerprint density at radius 3 is 2.36 bits per heavy atom. The van der Waals surface area contributed by atoms with E-state index in [0.717, 1.165) is 0 Å². The van der Waals surface area contributed by atoms with Crippen LogP contribution in [0.1, 0.15) is 15.9 Å². The van der Waals surface area contributed by atoms with Crippen LogP contribution in [-0.4, -0.2) is 82.9 Å². The van der Waals surface area contributed by atoms with Crippen LogP contribution in [0.2, 0.25) is 0 Å². The van der Waals surface area contributed by atoms with Gasteiger partial charge in [0.25, 0.3) is 11.6 Å².